The van der Waals surface area contributed by atoms with Crippen LogP contribution in [-0.2, 0) is 13.0 Å². The lowest BCUT2D eigenvalue weighted by Crippen LogP contribution is -2.36. The molecule has 0 bridgehead atoms. The number of rotatable bonds is 1. The summed E-state index contributed by atoms with van der Waals surface area (Å²) in [6.45, 7) is 2.59. The summed E-state index contributed by atoms with van der Waals surface area (Å²) in [6.07, 6.45) is 0.495. The second-order valence-corrected chi connectivity index (χ2v) is 7.17. The van der Waals surface area contributed by atoms with Crippen LogP contribution in [0.2, 0.25) is 0 Å². The standard InChI is InChI=1S/C19H15BrFNO3/c1-10-4-12-7-17(25-18(12)15(20)5-10)19(24)22-3-2-11-6-13(23)8-16(21)14(11)9-22/h4-8,23H,2-3,9H2,1H3. The quantitative estimate of drug-likeness (QED) is 0.648. The highest BCUT2D eigenvalue weighted by molar-refractivity contribution is 9.10. The largest absolute Gasteiger partial charge is 0.508 e. The molecule has 0 radical (unpaired) electrons. The third-order valence-corrected chi connectivity index (χ3v) is 5.07. The number of phenols is 1. The average molecular weight is 404 g/mol. The molecule has 0 unspecified atom stereocenters. The molecule has 1 aromatic heterocycles. The number of amides is 1. The van der Waals surface area contributed by atoms with Crippen LogP contribution in [0.3, 0.4) is 0 Å². The summed E-state index contributed by atoms with van der Waals surface area (Å²) in [4.78, 5) is 14.4. The monoisotopic (exact) mass is 403 g/mol. The summed E-state index contributed by atoms with van der Waals surface area (Å²) >= 11 is 3.45. The van der Waals surface area contributed by atoms with Crippen molar-refractivity contribution in [2.24, 2.45) is 0 Å². The van der Waals surface area contributed by atoms with Gasteiger partial charge in [0.1, 0.15) is 17.1 Å². The first-order valence-corrected chi connectivity index (χ1v) is 8.71. The molecule has 0 atom stereocenters. The summed E-state index contributed by atoms with van der Waals surface area (Å²) in [6, 6.07) is 8.24. The van der Waals surface area contributed by atoms with Crippen molar-refractivity contribution in [3.05, 3.63) is 63.1 Å². The number of halogens is 2. The predicted octanol–water partition coefficient (Wildman–Crippen LogP) is 4.55. The van der Waals surface area contributed by atoms with Gasteiger partial charge in [0.2, 0.25) is 0 Å². The molecule has 25 heavy (non-hydrogen) atoms. The van der Waals surface area contributed by atoms with Crippen molar-refractivity contribution >= 4 is 32.8 Å². The van der Waals surface area contributed by atoms with E-state index in [0.29, 0.717) is 24.1 Å². The van der Waals surface area contributed by atoms with E-state index in [-0.39, 0.29) is 24.0 Å². The molecule has 2 aromatic carbocycles. The van der Waals surface area contributed by atoms with Crippen molar-refractivity contribution < 1.29 is 18.7 Å². The van der Waals surface area contributed by atoms with E-state index in [1.807, 2.05) is 19.1 Å². The Balaban J connectivity index is 1.67. The smallest absolute Gasteiger partial charge is 0.289 e. The Bertz CT molecular complexity index is 1010. The zero-order valence-corrected chi connectivity index (χ0v) is 15.1. The maximum Gasteiger partial charge on any atom is 0.289 e. The number of carbonyl (C=O) groups excluding carboxylic acids is 1. The van der Waals surface area contributed by atoms with Gasteiger partial charge in [-0.05, 0) is 64.7 Å². The molecular formula is C19H15BrFNO3. The van der Waals surface area contributed by atoms with Crippen LogP contribution in [0.5, 0.6) is 5.75 Å². The minimum absolute atomic E-state index is 0.0893. The number of benzene rings is 2. The molecule has 1 aliphatic rings. The molecule has 0 fully saturated rings. The van der Waals surface area contributed by atoms with E-state index in [4.69, 9.17) is 4.42 Å². The van der Waals surface area contributed by atoms with Crippen LogP contribution in [0, 0.1) is 12.7 Å². The molecule has 0 saturated carbocycles. The van der Waals surface area contributed by atoms with Crippen molar-refractivity contribution in [3.8, 4) is 5.75 Å². The number of hydrogen-bond donors (Lipinski definition) is 1. The second-order valence-electron chi connectivity index (χ2n) is 6.32. The maximum atomic E-state index is 14.1. The number of furan rings is 1. The number of aromatic hydroxyl groups is 1. The summed E-state index contributed by atoms with van der Waals surface area (Å²) in [5.74, 6) is -0.605. The van der Waals surface area contributed by atoms with E-state index in [9.17, 15) is 14.3 Å². The fourth-order valence-electron chi connectivity index (χ4n) is 3.29. The lowest BCUT2D eigenvalue weighted by Gasteiger charge is -2.28. The molecule has 0 saturated heterocycles. The van der Waals surface area contributed by atoms with E-state index in [1.54, 1.807) is 17.0 Å². The SMILES string of the molecule is Cc1cc(Br)c2oc(C(=O)N3CCc4cc(O)cc(F)c4C3)cc2c1. The van der Waals surface area contributed by atoms with Crippen LogP contribution in [-0.4, -0.2) is 22.5 Å². The zero-order valence-electron chi connectivity index (χ0n) is 13.5. The average Bonchev–Trinajstić information content (AvgIpc) is 2.98. The number of fused-ring (bicyclic) bond motifs is 2. The lowest BCUT2D eigenvalue weighted by atomic mass is 9.98. The van der Waals surface area contributed by atoms with E-state index in [0.717, 1.165) is 27.1 Å². The lowest BCUT2D eigenvalue weighted by molar-refractivity contribution is 0.0702. The van der Waals surface area contributed by atoms with Crippen LogP contribution in [0.15, 0.2) is 39.2 Å². The first kappa shape index (κ1) is 16.1. The van der Waals surface area contributed by atoms with Crippen molar-refractivity contribution in [2.45, 2.75) is 19.9 Å². The second kappa shape index (κ2) is 5.88. The third-order valence-electron chi connectivity index (χ3n) is 4.49. The van der Waals surface area contributed by atoms with Gasteiger partial charge in [0.15, 0.2) is 5.76 Å². The first-order chi connectivity index (χ1) is 11.9. The normalized spacial score (nSPS) is 14.0. The van der Waals surface area contributed by atoms with Gasteiger partial charge in [-0.2, -0.15) is 0 Å². The molecule has 6 heteroatoms. The molecule has 4 nitrogen and oxygen atoms in total. The van der Waals surface area contributed by atoms with Gasteiger partial charge in [0, 0.05) is 30.1 Å². The van der Waals surface area contributed by atoms with Crippen LogP contribution in [0.1, 0.15) is 27.2 Å². The molecule has 128 valence electrons. The number of nitrogens with zero attached hydrogens (tertiary/aromatic N) is 1. The summed E-state index contributed by atoms with van der Waals surface area (Å²) in [5, 5.41) is 10.4. The van der Waals surface area contributed by atoms with Gasteiger partial charge < -0.3 is 14.4 Å². The predicted molar refractivity (Wildman–Crippen MR) is 95.2 cm³/mol. The molecule has 1 amide bonds. The number of aryl methyl sites for hydroxylation is 1. The van der Waals surface area contributed by atoms with Crippen molar-refractivity contribution in [1.82, 2.24) is 4.90 Å². The molecule has 2 heterocycles. The van der Waals surface area contributed by atoms with Gasteiger partial charge in [-0.1, -0.05) is 0 Å². The van der Waals surface area contributed by atoms with Crippen LogP contribution >= 0.6 is 15.9 Å². The number of phenolic OH excluding ortho intramolecular Hbond substituents is 1. The van der Waals surface area contributed by atoms with Gasteiger partial charge in [-0.25, -0.2) is 4.39 Å². The van der Waals surface area contributed by atoms with Gasteiger partial charge in [0.25, 0.3) is 5.91 Å². The summed E-state index contributed by atoms with van der Waals surface area (Å²) in [5.41, 5.74) is 2.88. The topological polar surface area (TPSA) is 53.7 Å². The van der Waals surface area contributed by atoms with Gasteiger partial charge in [0.05, 0.1) is 4.47 Å². The highest BCUT2D eigenvalue weighted by atomic mass is 79.9. The van der Waals surface area contributed by atoms with Crippen LogP contribution < -0.4 is 0 Å². The molecular weight excluding hydrogens is 389 g/mol. The van der Waals surface area contributed by atoms with E-state index in [2.05, 4.69) is 15.9 Å². The van der Waals surface area contributed by atoms with E-state index >= 15 is 0 Å². The fourth-order valence-corrected chi connectivity index (χ4v) is 3.96. The molecule has 0 spiro atoms. The number of hydrogen-bond acceptors (Lipinski definition) is 3. The highest BCUT2D eigenvalue weighted by Gasteiger charge is 2.27. The van der Waals surface area contributed by atoms with Gasteiger partial charge in [-0.15, -0.1) is 0 Å². The van der Waals surface area contributed by atoms with Crippen molar-refractivity contribution in [2.75, 3.05) is 6.54 Å². The minimum atomic E-state index is -0.490. The molecule has 1 aliphatic heterocycles. The Hall–Kier alpha value is -2.34. The molecule has 0 aliphatic carbocycles. The highest BCUT2D eigenvalue weighted by Crippen LogP contribution is 2.31. The minimum Gasteiger partial charge on any atom is -0.508 e. The zero-order chi connectivity index (χ0) is 17.7. The Morgan fingerprint density at radius 2 is 2.08 bits per heavy atom. The molecule has 4 rings (SSSR count). The van der Waals surface area contributed by atoms with Crippen LogP contribution in [0.25, 0.3) is 11.0 Å². The van der Waals surface area contributed by atoms with Crippen molar-refractivity contribution in [3.63, 3.8) is 0 Å². The first-order valence-electron chi connectivity index (χ1n) is 7.91. The summed E-state index contributed by atoms with van der Waals surface area (Å²) in [7, 11) is 0. The maximum absolute atomic E-state index is 14.1. The Labute approximate surface area is 152 Å². The van der Waals surface area contributed by atoms with E-state index in [1.165, 1.54) is 0 Å². The van der Waals surface area contributed by atoms with E-state index < -0.39 is 5.82 Å². The van der Waals surface area contributed by atoms with Crippen molar-refractivity contribution in [1.29, 1.82) is 0 Å². The summed E-state index contributed by atoms with van der Waals surface area (Å²) < 4.78 is 20.6. The van der Waals surface area contributed by atoms with Crippen LogP contribution in [0.4, 0.5) is 4.39 Å². The Kier molecular flexibility index (Phi) is 3.80. The fraction of sp³-hybridized carbons (Fsp3) is 0.211. The third kappa shape index (κ3) is 2.80. The molecule has 3 aromatic rings. The Morgan fingerprint density at radius 3 is 2.88 bits per heavy atom. The Morgan fingerprint density at radius 1 is 1.28 bits per heavy atom. The molecule has 1 N–H and O–H groups in total. The van der Waals surface area contributed by atoms with Gasteiger partial charge in [-0.3, -0.25) is 4.79 Å². The number of carbonyl (C=O) groups is 1. The van der Waals surface area contributed by atoms with Gasteiger partial charge >= 0.3 is 0 Å².